The van der Waals surface area contributed by atoms with Gasteiger partial charge in [0.2, 0.25) is 5.91 Å². The summed E-state index contributed by atoms with van der Waals surface area (Å²) in [5, 5.41) is 27.2. The Morgan fingerprint density at radius 1 is 1.29 bits per heavy atom. The molecule has 1 unspecified atom stereocenters. The number of hydrogen-bond donors (Lipinski definition) is 4. The van der Waals surface area contributed by atoms with Gasteiger partial charge in [-0.2, -0.15) is 0 Å². The number of nitrogens with zero attached hydrogens (tertiary/aromatic N) is 4. The van der Waals surface area contributed by atoms with Crippen LogP contribution in [0.2, 0.25) is 0 Å². The molecule has 0 saturated heterocycles. The molecule has 1 aliphatic rings. The van der Waals surface area contributed by atoms with Crippen LogP contribution in [-0.2, 0) is 24.1 Å². The summed E-state index contributed by atoms with van der Waals surface area (Å²) in [7, 11) is 0. The summed E-state index contributed by atoms with van der Waals surface area (Å²) in [6.45, 7) is 0. The highest BCUT2D eigenvalue weighted by Gasteiger charge is 2.29. The zero-order chi connectivity index (χ0) is 19.8. The number of benzene rings is 1. The van der Waals surface area contributed by atoms with Crippen molar-refractivity contribution in [3.05, 3.63) is 53.8 Å². The molecule has 1 amide bonds. The van der Waals surface area contributed by atoms with Crippen LogP contribution >= 0.6 is 0 Å². The maximum absolute atomic E-state index is 12.2. The summed E-state index contributed by atoms with van der Waals surface area (Å²) in [5.74, 6) is 0.0142. The zero-order valence-electron chi connectivity index (χ0n) is 14.3. The average molecular weight is 386 g/mol. The lowest BCUT2D eigenvalue weighted by Crippen LogP contribution is -2.40. The normalized spacial score (nSPS) is 15.9. The number of carbonyl (C=O) groups is 1. The van der Waals surface area contributed by atoms with Gasteiger partial charge in [-0.3, -0.25) is 24.5 Å². The highest BCUT2D eigenvalue weighted by molar-refractivity contribution is 5.84. The highest BCUT2D eigenvalue weighted by Crippen LogP contribution is 2.34. The standard InChI is InChI=1S/C15H14N8O5/c24-12(5-11-19-21-22-20-11)16-6-1-2-7-8(3-6)13-9(4-10(7)23(27)28)17-14(25)15(26)18-13/h4,6H,1-3,5H2,(H,16,24)(H,17,25)(H,18,26)(H,19,20,21,22). The first-order chi connectivity index (χ1) is 13.4. The number of nitrogens with one attached hydrogen (secondary N) is 4. The largest absolute Gasteiger partial charge is 0.353 e. The van der Waals surface area contributed by atoms with Crippen LogP contribution in [0.25, 0.3) is 11.0 Å². The third-order valence-corrected chi connectivity index (χ3v) is 4.69. The minimum absolute atomic E-state index is 0.0316. The van der Waals surface area contributed by atoms with E-state index in [1.54, 1.807) is 0 Å². The first-order valence-electron chi connectivity index (χ1n) is 8.40. The van der Waals surface area contributed by atoms with Crippen LogP contribution in [0.1, 0.15) is 23.4 Å². The van der Waals surface area contributed by atoms with Gasteiger partial charge in [-0.05, 0) is 35.3 Å². The van der Waals surface area contributed by atoms with E-state index < -0.39 is 16.0 Å². The van der Waals surface area contributed by atoms with Gasteiger partial charge < -0.3 is 15.3 Å². The van der Waals surface area contributed by atoms with E-state index in [1.807, 2.05) is 0 Å². The molecule has 4 N–H and O–H groups in total. The van der Waals surface area contributed by atoms with Gasteiger partial charge in [-0.25, -0.2) is 5.10 Å². The van der Waals surface area contributed by atoms with E-state index in [-0.39, 0.29) is 36.0 Å². The van der Waals surface area contributed by atoms with Gasteiger partial charge >= 0.3 is 11.1 Å². The molecule has 0 radical (unpaired) electrons. The summed E-state index contributed by atoms with van der Waals surface area (Å²) in [6.07, 6.45) is 1.08. The summed E-state index contributed by atoms with van der Waals surface area (Å²) in [6, 6.07) is 0.956. The minimum Gasteiger partial charge on any atom is -0.353 e. The Hall–Kier alpha value is -3.90. The molecule has 13 nitrogen and oxygen atoms in total. The number of rotatable bonds is 4. The van der Waals surface area contributed by atoms with Crippen LogP contribution in [-0.4, -0.2) is 47.5 Å². The lowest BCUT2D eigenvalue weighted by atomic mass is 9.86. The number of H-pyrrole nitrogens is 3. The van der Waals surface area contributed by atoms with Crippen LogP contribution in [0.3, 0.4) is 0 Å². The Bertz CT molecular complexity index is 1200. The molecule has 144 valence electrons. The summed E-state index contributed by atoms with van der Waals surface area (Å²) in [4.78, 5) is 51.3. The van der Waals surface area contributed by atoms with Crippen molar-refractivity contribution in [1.82, 2.24) is 35.9 Å². The molecule has 1 atom stereocenters. The molecule has 2 heterocycles. The molecule has 2 aromatic heterocycles. The Morgan fingerprint density at radius 3 is 2.79 bits per heavy atom. The van der Waals surface area contributed by atoms with E-state index in [9.17, 15) is 24.5 Å². The Balaban J connectivity index is 1.69. The fraction of sp³-hybridized carbons (Fsp3) is 0.333. The highest BCUT2D eigenvalue weighted by atomic mass is 16.6. The second-order valence-electron chi connectivity index (χ2n) is 6.47. The van der Waals surface area contributed by atoms with Crippen molar-refractivity contribution in [1.29, 1.82) is 0 Å². The second-order valence-corrected chi connectivity index (χ2v) is 6.47. The number of nitro groups is 1. The van der Waals surface area contributed by atoms with Gasteiger partial charge in [0, 0.05) is 17.7 Å². The van der Waals surface area contributed by atoms with E-state index >= 15 is 0 Å². The third-order valence-electron chi connectivity index (χ3n) is 4.69. The fourth-order valence-corrected chi connectivity index (χ4v) is 3.50. The second kappa shape index (κ2) is 6.68. The first kappa shape index (κ1) is 17.5. The summed E-state index contributed by atoms with van der Waals surface area (Å²) in [5.41, 5.74) is -0.308. The summed E-state index contributed by atoms with van der Waals surface area (Å²) >= 11 is 0. The number of tetrazole rings is 1. The number of fused-ring (bicyclic) bond motifs is 3. The lowest BCUT2D eigenvalue weighted by molar-refractivity contribution is -0.385. The number of aromatic nitrogens is 6. The molecule has 1 aliphatic carbocycles. The van der Waals surface area contributed by atoms with Crippen LogP contribution in [0.15, 0.2) is 15.7 Å². The predicted octanol–water partition coefficient (Wildman–Crippen LogP) is -1.15. The number of amides is 1. The Morgan fingerprint density at radius 2 is 2.07 bits per heavy atom. The Labute approximate surface area is 154 Å². The van der Waals surface area contributed by atoms with Crippen molar-refractivity contribution < 1.29 is 9.72 Å². The fourth-order valence-electron chi connectivity index (χ4n) is 3.50. The van der Waals surface area contributed by atoms with Gasteiger partial charge in [0.25, 0.3) is 5.69 Å². The molecule has 4 rings (SSSR count). The molecule has 0 aliphatic heterocycles. The third kappa shape index (κ3) is 3.13. The van der Waals surface area contributed by atoms with E-state index in [0.29, 0.717) is 35.3 Å². The van der Waals surface area contributed by atoms with E-state index in [2.05, 4.69) is 35.9 Å². The van der Waals surface area contributed by atoms with Crippen molar-refractivity contribution >= 4 is 22.6 Å². The van der Waals surface area contributed by atoms with Gasteiger partial charge in [0.15, 0.2) is 5.82 Å². The number of carbonyl (C=O) groups excluding carboxylic acids is 1. The van der Waals surface area contributed by atoms with Crippen molar-refractivity contribution in [3.63, 3.8) is 0 Å². The van der Waals surface area contributed by atoms with E-state index in [0.717, 1.165) is 0 Å². The molecule has 0 spiro atoms. The Kier molecular flexibility index (Phi) is 4.18. The van der Waals surface area contributed by atoms with Gasteiger partial charge in [0.05, 0.1) is 22.4 Å². The van der Waals surface area contributed by atoms with Crippen molar-refractivity contribution in [3.8, 4) is 0 Å². The molecular formula is C15H14N8O5. The van der Waals surface area contributed by atoms with Crippen LogP contribution in [0, 0.1) is 10.1 Å². The van der Waals surface area contributed by atoms with Crippen molar-refractivity contribution in [2.45, 2.75) is 31.7 Å². The van der Waals surface area contributed by atoms with Gasteiger partial charge in [0.1, 0.15) is 0 Å². The SMILES string of the molecule is O=C(Cc1nnn[nH]1)NC1CCc2c([N+](=O)[O-])cc3[nH]c(=O)c(=O)[nH]c3c2C1. The van der Waals surface area contributed by atoms with Crippen molar-refractivity contribution in [2.24, 2.45) is 0 Å². The molecule has 13 heteroatoms. The molecule has 0 saturated carbocycles. The van der Waals surface area contributed by atoms with Gasteiger partial charge in [-0.1, -0.05) is 0 Å². The topological polar surface area (TPSA) is 192 Å². The minimum atomic E-state index is -0.886. The first-order valence-corrected chi connectivity index (χ1v) is 8.40. The van der Waals surface area contributed by atoms with Crippen LogP contribution in [0.4, 0.5) is 5.69 Å². The van der Waals surface area contributed by atoms with E-state index in [4.69, 9.17) is 0 Å². The number of aromatic amines is 3. The molecule has 3 aromatic rings. The lowest BCUT2D eigenvalue weighted by Gasteiger charge is -2.26. The molecule has 0 fully saturated rings. The smallest absolute Gasteiger partial charge is 0.314 e. The molecule has 0 bridgehead atoms. The number of hydrogen-bond acceptors (Lipinski definition) is 8. The van der Waals surface area contributed by atoms with E-state index in [1.165, 1.54) is 6.07 Å². The zero-order valence-corrected chi connectivity index (χ0v) is 14.3. The quantitative estimate of drug-likeness (QED) is 0.245. The van der Waals surface area contributed by atoms with Gasteiger partial charge in [-0.15, -0.1) is 5.10 Å². The average Bonchev–Trinajstić information content (AvgIpc) is 3.15. The molecule has 28 heavy (non-hydrogen) atoms. The van der Waals surface area contributed by atoms with Crippen LogP contribution in [0.5, 0.6) is 0 Å². The number of nitro benzene ring substituents is 1. The monoisotopic (exact) mass is 386 g/mol. The maximum Gasteiger partial charge on any atom is 0.314 e. The van der Waals surface area contributed by atoms with Crippen LogP contribution < -0.4 is 16.4 Å². The van der Waals surface area contributed by atoms with Crippen molar-refractivity contribution in [2.75, 3.05) is 0 Å². The molecule has 1 aromatic carbocycles. The summed E-state index contributed by atoms with van der Waals surface area (Å²) < 4.78 is 0. The maximum atomic E-state index is 12.2. The predicted molar refractivity (Wildman–Crippen MR) is 93.7 cm³/mol. The molecular weight excluding hydrogens is 372 g/mol.